The van der Waals surface area contributed by atoms with Crippen molar-refractivity contribution in [2.75, 3.05) is 18.0 Å². The lowest BCUT2D eigenvalue weighted by Crippen LogP contribution is -2.45. The molecular weight excluding hydrogens is 326 g/mol. The highest BCUT2D eigenvalue weighted by atomic mass is 16.2. The van der Waals surface area contributed by atoms with Crippen LogP contribution >= 0.6 is 0 Å². The molecule has 5 nitrogen and oxygen atoms in total. The number of anilines is 1. The Hall–Kier alpha value is -2.04. The molecular formula is C21H31N3O2. The number of nitrogens with one attached hydrogen (secondary N) is 2. The molecule has 0 unspecified atom stereocenters. The van der Waals surface area contributed by atoms with E-state index in [9.17, 15) is 9.59 Å². The maximum Gasteiger partial charge on any atom is 0.253 e. The minimum absolute atomic E-state index is 0.0125. The number of benzene rings is 1. The van der Waals surface area contributed by atoms with Gasteiger partial charge in [0.05, 0.1) is 5.56 Å². The van der Waals surface area contributed by atoms with Crippen LogP contribution < -0.4 is 15.5 Å². The van der Waals surface area contributed by atoms with Gasteiger partial charge >= 0.3 is 0 Å². The summed E-state index contributed by atoms with van der Waals surface area (Å²) in [7, 11) is 0. The molecule has 1 aromatic carbocycles. The zero-order valence-corrected chi connectivity index (χ0v) is 16.2. The van der Waals surface area contributed by atoms with Crippen molar-refractivity contribution in [1.82, 2.24) is 10.6 Å². The Morgan fingerprint density at radius 2 is 1.62 bits per heavy atom. The number of hydrogen-bond donors (Lipinski definition) is 2. The first-order valence-corrected chi connectivity index (χ1v) is 9.76. The van der Waals surface area contributed by atoms with Gasteiger partial charge in [0, 0.05) is 37.3 Å². The van der Waals surface area contributed by atoms with Crippen LogP contribution in [0.15, 0.2) is 24.3 Å². The van der Waals surface area contributed by atoms with Crippen molar-refractivity contribution in [3.05, 3.63) is 29.8 Å². The van der Waals surface area contributed by atoms with Crippen molar-refractivity contribution in [1.29, 1.82) is 0 Å². The molecule has 2 aliphatic rings. The van der Waals surface area contributed by atoms with E-state index in [4.69, 9.17) is 0 Å². The van der Waals surface area contributed by atoms with Gasteiger partial charge < -0.3 is 15.5 Å². The fourth-order valence-electron chi connectivity index (χ4n) is 3.46. The monoisotopic (exact) mass is 357 g/mol. The van der Waals surface area contributed by atoms with Crippen LogP contribution in [0.2, 0.25) is 0 Å². The summed E-state index contributed by atoms with van der Waals surface area (Å²) in [4.78, 5) is 26.9. The third-order valence-electron chi connectivity index (χ3n) is 4.95. The van der Waals surface area contributed by atoms with E-state index in [0.29, 0.717) is 12.5 Å². The molecule has 1 aromatic rings. The van der Waals surface area contributed by atoms with E-state index in [1.54, 1.807) is 0 Å². The van der Waals surface area contributed by atoms with Gasteiger partial charge in [0.1, 0.15) is 0 Å². The second-order valence-electron chi connectivity index (χ2n) is 8.83. The van der Waals surface area contributed by atoms with Gasteiger partial charge in [0.15, 0.2) is 0 Å². The van der Waals surface area contributed by atoms with Crippen molar-refractivity contribution in [3.8, 4) is 0 Å². The second kappa shape index (κ2) is 7.68. The van der Waals surface area contributed by atoms with Crippen LogP contribution in [0.5, 0.6) is 0 Å². The van der Waals surface area contributed by atoms with E-state index in [1.165, 1.54) is 0 Å². The first kappa shape index (κ1) is 18.7. The van der Waals surface area contributed by atoms with Crippen LogP contribution in [-0.2, 0) is 4.79 Å². The highest BCUT2D eigenvalue weighted by Gasteiger charge is 2.27. The summed E-state index contributed by atoms with van der Waals surface area (Å²) >= 11 is 0. The molecule has 1 aliphatic carbocycles. The zero-order chi connectivity index (χ0) is 18.7. The van der Waals surface area contributed by atoms with E-state index in [1.807, 2.05) is 24.3 Å². The molecule has 3 rings (SSSR count). The highest BCUT2D eigenvalue weighted by molar-refractivity contribution is 6.00. The minimum atomic E-state index is 0.0125. The number of piperidine rings is 1. The average Bonchev–Trinajstić information content (AvgIpc) is 3.38. The molecule has 2 fully saturated rings. The van der Waals surface area contributed by atoms with Crippen LogP contribution in [0, 0.1) is 5.41 Å². The van der Waals surface area contributed by atoms with Crippen molar-refractivity contribution < 1.29 is 9.59 Å². The fraction of sp³-hybridized carbons (Fsp3) is 0.619. The molecule has 5 heteroatoms. The van der Waals surface area contributed by atoms with Gasteiger partial charge in [-0.15, -0.1) is 0 Å². The number of para-hydroxylation sites is 1. The van der Waals surface area contributed by atoms with Crippen molar-refractivity contribution >= 4 is 17.5 Å². The number of carbonyl (C=O) groups excluding carboxylic acids is 2. The Bertz CT molecular complexity index is 653. The van der Waals surface area contributed by atoms with Gasteiger partial charge in [0.2, 0.25) is 5.91 Å². The van der Waals surface area contributed by atoms with Crippen LogP contribution in [0.3, 0.4) is 0 Å². The van der Waals surface area contributed by atoms with Crippen molar-refractivity contribution in [3.63, 3.8) is 0 Å². The van der Waals surface area contributed by atoms with Gasteiger partial charge in [-0.3, -0.25) is 9.59 Å². The Kier molecular flexibility index (Phi) is 5.54. The third-order valence-corrected chi connectivity index (χ3v) is 4.95. The van der Waals surface area contributed by atoms with Crippen LogP contribution in [0.1, 0.15) is 63.2 Å². The Morgan fingerprint density at radius 3 is 2.23 bits per heavy atom. The van der Waals surface area contributed by atoms with E-state index in [0.717, 1.165) is 50.0 Å². The quantitative estimate of drug-likeness (QED) is 0.851. The number of hydrogen-bond acceptors (Lipinski definition) is 3. The molecule has 1 heterocycles. The summed E-state index contributed by atoms with van der Waals surface area (Å²) in [6, 6.07) is 8.43. The minimum Gasteiger partial charge on any atom is -0.371 e. The summed E-state index contributed by atoms with van der Waals surface area (Å²) < 4.78 is 0. The number of amides is 2. The van der Waals surface area contributed by atoms with Gasteiger partial charge in [-0.05, 0) is 43.2 Å². The number of nitrogens with zero attached hydrogens (tertiary/aromatic N) is 1. The van der Waals surface area contributed by atoms with Gasteiger partial charge in [-0.1, -0.05) is 32.9 Å². The van der Waals surface area contributed by atoms with Gasteiger partial charge in [-0.25, -0.2) is 0 Å². The van der Waals surface area contributed by atoms with Gasteiger partial charge in [0.25, 0.3) is 5.91 Å². The largest absolute Gasteiger partial charge is 0.371 e. The summed E-state index contributed by atoms with van der Waals surface area (Å²) in [5, 5.41) is 6.26. The maximum atomic E-state index is 12.5. The summed E-state index contributed by atoms with van der Waals surface area (Å²) in [5.74, 6) is 0.170. The molecule has 2 amide bonds. The molecule has 0 atom stereocenters. The fourth-order valence-corrected chi connectivity index (χ4v) is 3.46. The third kappa shape index (κ3) is 5.23. The van der Waals surface area contributed by atoms with Crippen LogP contribution in [-0.4, -0.2) is 37.0 Å². The van der Waals surface area contributed by atoms with Gasteiger partial charge in [-0.2, -0.15) is 0 Å². The predicted octanol–water partition coefficient (Wildman–Crippen LogP) is 3.10. The summed E-state index contributed by atoms with van der Waals surface area (Å²) in [6.45, 7) is 7.96. The molecule has 0 aromatic heterocycles. The first-order chi connectivity index (χ1) is 12.3. The first-order valence-electron chi connectivity index (χ1n) is 9.76. The SMILES string of the molecule is CC(C)(C)CC(=O)NC1CCN(c2ccccc2C(=O)NC2CC2)CC1. The molecule has 26 heavy (non-hydrogen) atoms. The highest BCUT2D eigenvalue weighted by Crippen LogP contribution is 2.26. The lowest BCUT2D eigenvalue weighted by molar-refractivity contribution is -0.123. The smallest absolute Gasteiger partial charge is 0.253 e. The van der Waals surface area contributed by atoms with E-state index >= 15 is 0 Å². The Balaban J connectivity index is 1.56. The zero-order valence-electron chi connectivity index (χ0n) is 16.2. The molecule has 1 saturated heterocycles. The lowest BCUT2D eigenvalue weighted by atomic mass is 9.91. The average molecular weight is 357 g/mol. The predicted molar refractivity (Wildman–Crippen MR) is 104 cm³/mol. The molecule has 0 spiro atoms. The molecule has 0 radical (unpaired) electrons. The maximum absolute atomic E-state index is 12.5. The standard InChI is InChI=1S/C21H31N3O2/c1-21(2,3)14-19(25)22-16-10-12-24(13-11-16)18-7-5-4-6-17(18)20(26)23-15-8-9-15/h4-7,15-16H,8-14H2,1-3H3,(H,22,25)(H,23,26). The van der Waals surface area contributed by atoms with E-state index in [2.05, 4.69) is 36.3 Å². The normalized spacial score (nSPS) is 18.5. The summed E-state index contributed by atoms with van der Waals surface area (Å²) in [5.41, 5.74) is 1.78. The topological polar surface area (TPSA) is 61.4 Å². The summed E-state index contributed by atoms with van der Waals surface area (Å²) in [6.07, 6.45) is 4.56. The van der Waals surface area contributed by atoms with Crippen LogP contribution in [0.4, 0.5) is 5.69 Å². The molecule has 142 valence electrons. The molecule has 1 aliphatic heterocycles. The lowest BCUT2D eigenvalue weighted by Gasteiger charge is -2.35. The van der Waals surface area contributed by atoms with E-state index in [-0.39, 0.29) is 23.3 Å². The van der Waals surface area contributed by atoms with Crippen molar-refractivity contribution in [2.45, 2.75) is 65.0 Å². The molecule has 2 N–H and O–H groups in total. The van der Waals surface area contributed by atoms with E-state index < -0.39 is 0 Å². The second-order valence-corrected chi connectivity index (χ2v) is 8.83. The molecule has 1 saturated carbocycles. The number of rotatable bonds is 5. The van der Waals surface area contributed by atoms with Crippen molar-refractivity contribution in [2.24, 2.45) is 5.41 Å². The number of carbonyl (C=O) groups is 2. The van der Waals surface area contributed by atoms with Crippen LogP contribution in [0.25, 0.3) is 0 Å². The Labute approximate surface area is 156 Å². The molecule has 0 bridgehead atoms. The Morgan fingerprint density at radius 1 is 1.00 bits per heavy atom.